The minimum Gasteiger partial charge on any atom is -0.496 e. The summed E-state index contributed by atoms with van der Waals surface area (Å²) < 4.78 is 16.6. The maximum absolute atomic E-state index is 13.3. The molecule has 168 valence electrons. The van der Waals surface area contributed by atoms with E-state index in [1.807, 2.05) is 18.2 Å². The fourth-order valence-corrected chi connectivity index (χ4v) is 3.74. The molecule has 7 nitrogen and oxygen atoms in total. The van der Waals surface area contributed by atoms with Crippen molar-refractivity contribution < 1.29 is 23.5 Å². The lowest BCUT2D eigenvalue weighted by Gasteiger charge is -2.29. The van der Waals surface area contributed by atoms with E-state index >= 15 is 0 Å². The maximum Gasteiger partial charge on any atom is 0.258 e. The second-order valence-corrected chi connectivity index (χ2v) is 7.77. The van der Waals surface area contributed by atoms with Crippen LogP contribution in [-0.4, -0.2) is 61.1 Å². The first-order valence-corrected chi connectivity index (χ1v) is 11.0. The van der Waals surface area contributed by atoms with Crippen molar-refractivity contribution in [1.29, 1.82) is 0 Å². The van der Waals surface area contributed by atoms with Crippen LogP contribution in [0.4, 0.5) is 0 Å². The Kier molecular flexibility index (Phi) is 8.53. The van der Waals surface area contributed by atoms with Crippen molar-refractivity contribution in [3.63, 3.8) is 0 Å². The van der Waals surface area contributed by atoms with Gasteiger partial charge < -0.3 is 23.7 Å². The van der Waals surface area contributed by atoms with Crippen LogP contribution in [0.2, 0.25) is 0 Å². The summed E-state index contributed by atoms with van der Waals surface area (Å²) in [6.07, 6.45) is 5.30. The first kappa shape index (κ1) is 22.9. The summed E-state index contributed by atoms with van der Waals surface area (Å²) >= 11 is 0. The van der Waals surface area contributed by atoms with Crippen LogP contribution in [0.3, 0.4) is 0 Å². The summed E-state index contributed by atoms with van der Waals surface area (Å²) in [4.78, 5) is 30.0. The molecule has 1 fully saturated rings. The molecule has 1 aliphatic rings. The van der Waals surface area contributed by atoms with E-state index in [4.69, 9.17) is 13.9 Å². The van der Waals surface area contributed by atoms with Crippen LogP contribution in [0.5, 0.6) is 5.75 Å². The molecule has 1 saturated heterocycles. The molecule has 0 bridgehead atoms. The second-order valence-electron chi connectivity index (χ2n) is 7.77. The molecule has 31 heavy (non-hydrogen) atoms. The standard InChI is InChI=1S/C24H32N2O5/c1-3-4-13-25(24(28)21-11-5-6-12-22(21)29-2)18-23(27)26(16-19-9-7-14-30-19)17-20-10-8-15-31-20/h5-7,9,11-12,14,20H,3-4,8,10,13,15-18H2,1-2H3/t20-/m0/s1. The highest BCUT2D eigenvalue weighted by Crippen LogP contribution is 2.21. The van der Waals surface area contributed by atoms with Crippen LogP contribution in [0, 0.1) is 0 Å². The Labute approximate surface area is 183 Å². The topological polar surface area (TPSA) is 72.2 Å². The predicted molar refractivity (Wildman–Crippen MR) is 117 cm³/mol. The van der Waals surface area contributed by atoms with Gasteiger partial charge in [0.15, 0.2) is 0 Å². The number of nitrogens with zero attached hydrogens (tertiary/aromatic N) is 2. The lowest BCUT2D eigenvalue weighted by atomic mass is 10.1. The van der Waals surface area contributed by atoms with Crippen molar-refractivity contribution in [1.82, 2.24) is 9.80 Å². The molecule has 1 aliphatic heterocycles. The largest absolute Gasteiger partial charge is 0.496 e. The number of benzene rings is 1. The molecule has 1 atom stereocenters. The number of ether oxygens (including phenoxy) is 2. The van der Waals surface area contributed by atoms with Crippen molar-refractivity contribution in [3.05, 3.63) is 54.0 Å². The van der Waals surface area contributed by atoms with Crippen molar-refractivity contribution in [2.75, 3.05) is 33.4 Å². The van der Waals surface area contributed by atoms with Crippen molar-refractivity contribution in [2.45, 2.75) is 45.3 Å². The SMILES string of the molecule is CCCCN(CC(=O)N(Cc1ccco1)C[C@@H]1CCCO1)C(=O)c1ccccc1OC. The molecule has 0 radical (unpaired) electrons. The summed E-state index contributed by atoms with van der Waals surface area (Å²) in [5.41, 5.74) is 0.464. The minimum atomic E-state index is -0.200. The van der Waals surface area contributed by atoms with Crippen molar-refractivity contribution >= 4 is 11.8 Å². The number of carbonyl (C=O) groups excluding carboxylic acids is 2. The predicted octanol–water partition coefficient (Wildman–Crippen LogP) is 3.74. The Morgan fingerprint density at radius 2 is 2.00 bits per heavy atom. The number of methoxy groups -OCH3 is 1. The molecular weight excluding hydrogens is 396 g/mol. The quantitative estimate of drug-likeness (QED) is 0.545. The monoisotopic (exact) mass is 428 g/mol. The summed E-state index contributed by atoms with van der Waals surface area (Å²) in [7, 11) is 1.54. The van der Waals surface area contributed by atoms with E-state index in [2.05, 4.69) is 6.92 Å². The average Bonchev–Trinajstić information content (AvgIpc) is 3.50. The number of hydrogen-bond acceptors (Lipinski definition) is 5. The van der Waals surface area contributed by atoms with Gasteiger partial charge in [0.25, 0.3) is 5.91 Å². The Hall–Kier alpha value is -2.80. The molecule has 0 aliphatic carbocycles. The molecule has 2 heterocycles. The molecule has 3 rings (SSSR count). The smallest absolute Gasteiger partial charge is 0.258 e. The minimum absolute atomic E-state index is 0.00428. The first-order chi connectivity index (χ1) is 15.1. The number of rotatable bonds is 11. The van der Waals surface area contributed by atoms with E-state index in [1.54, 1.807) is 41.4 Å². The van der Waals surface area contributed by atoms with E-state index < -0.39 is 0 Å². The van der Waals surface area contributed by atoms with Crippen LogP contribution in [-0.2, 0) is 16.1 Å². The number of amides is 2. The van der Waals surface area contributed by atoms with Gasteiger partial charge in [-0.25, -0.2) is 0 Å². The molecule has 0 spiro atoms. The summed E-state index contributed by atoms with van der Waals surface area (Å²) in [5.74, 6) is 0.899. The third-order valence-electron chi connectivity index (χ3n) is 5.46. The Balaban J connectivity index is 1.76. The van der Waals surface area contributed by atoms with Crippen LogP contribution >= 0.6 is 0 Å². The zero-order valence-electron chi connectivity index (χ0n) is 18.4. The highest BCUT2D eigenvalue weighted by molar-refractivity contribution is 5.98. The van der Waals surface area contributed by atoms with Crippen molar-refractivity contribution in [3.8, 4) is 5.75 Å². The number of carbonyl (C=O) groups is 2. The van der Waals surface area contributed by atoms with E-state index in [-0.39, 0.29) is 24.5 Å². The van der Waals surface area contributed by atoms with E-state index in [1.165, 1.54) is 0 Å². The zero-order valence-corrected chi connectivity index (χ0v) is 18.4. The Morgan fingerprint density at radius 1 is 1.16 bits per heavy atom. The average molecular weight is 429 g/mol. The number of para-hydroxylation sites is 1. The highest BCUT2D eigenvalue weighted by Gasteiger charge is 2.27. The fourth-order valence-electron chi connectivity index (χ4n) is 3.74. The lowest BCUT2D eigenvalue weighted by Crippen LogP contribution is -2.45. The van der Waals surface area contributed by atoms with Crippen molar-refractivity contribution in [2.24, 2.45) is 0 Å². The van der Waals surface area contributed by atoms with Gasteiger partial charge in [-0.1, -0.05) is 25.5 Å². The lowest BCUT2D eigenvalue weighted by molar-refractivity contribution is -0.134. The van der Waals surface area contributed by atoms with Gasteiger partial charge in [0.1, 0.15) is 18.1 Å². The molecular formula is C24H32N2O5. The summed E-state index contributed by atoms with van der Waals surface area (Å²) in [6, 6.07) is 10.8. The number of unbranched alkanes of at least 4 members (excludes halogenated alkanes) is 1. The van der Waals surface area contributed by atoms with Gasteiger partial charge in [-0.2, -0.15) is 0 Å². The molecule has 2 amide bonds. The third kappa shape index (κ3) is 6.34. The molecule has 1 aromatic carbocycles. The Morgan fingerprint density at radius 3 is 2.68 bits per heavy atom. The van der Waals surface area contributed by atoms with Crippen LogP contribution in [0.1, 0.15) is 48.7 Å². The Bertz CT molecular complexity index is 830. The fraction of sp³-hybridized carbons (Fsp3) is 0.500. The normalized spacial score (nSPS) is 15.6. The van der Waals surface area contributed by atoms with Gasteiger partial charge in [0.05, 0.1) is 31.6 Å². The number of furan rings is 1. The molecule has 0 unspecified atom stereocenters. The summed E-state index contributed by atoms with van der Waals surface area (Å²) in [6.45, 7) is 4.15. The van der Waals surface area contributed by atoms with Gasteiger partial charge in [0.2, 0.25) is 5.91 Å². The molecule has 7 heteroatoms. The molecule has 0 saturated carbocycles. The highest BCUT2D eigenvalue weighted by atomic mass is 16.5. The van der Waals surface area contributed by atoms with Gasteiger partial charge in [-0.3, -0.25) is 9.59 Å². The molecule has 0 N–H and O–H groups in total. The zero-order chi connectivity index (χ0) is 22.1. The van der Waals surface area contributed by atoms with Gasteiger partial charge in [-0.05, 0) is 43.5 Å². The van der Waals surface area contributed by atoms with E-state index in [0.717, 1.165) is 32.3 Å². The van der Waals surface area contributed by atoms with E-state index in [0.29, 0.717) is 36.7 Å². The van der Waals surface area contributed by atoms with Gasteiger partial charge >= 0.3 is 0 Å². The van der Waals surface area contributed by atoms with E-state index in [9.17, 15) is 9.59 Å². The maximum atomic E-state index is 13.3. The van der Waals surface area contributed by atoms with Crippen LogP contribution < -0.4 is 4.74 Å². The van der Waals surface area contributed by atoms with Crippen LogP contribution in [0.15, 0.2) is 47.1 Å². The van der Waals surface area contributed by atoms with Crippen LogP contribution in [0.25, 0.3) is 0 Å². The molecule has 1 aromatic heterocycles. The van der Waals surface area contributed by atoms with Gasteiger partial charge in [-0.15, -0.1) is 0 Å². The second kappa shape index (κ2) is 11.6. The number of hydrogen-bond donors (Lipinski definition) is 0. The molecule has 2 aromatic rings. The first-order valence-electron chi connectivity index (χ1n) is 11.0. The van der Waals surface area contributed by atoms with Gasteiger partial charge in [0, 0.05) is 19.7 Å². The third-order valence-corrected chi connectivity index (χ3v) is 5.46. The summed E-state index contributed by atoms with van der Waals surface area (Å²) in [5, 5.41) is 0.